The lowest BCUT2D eigenvalue weighted by Gasteiger charge is -2.43. The van der Waals surface area contributed by atoms with E-state index in [2.05, 4.69) is 110 Å². The van der Waals surface area contributed by atoms with Crippen LogP contribution in [0.15, 0.2) is 120 Å². The maximum atomic E-state index is 2.63. The van der Waals surface area contributed by atoms with Crippen LogP contribution in [-0.4, -0.2) is 22.6 Å². The van der Waals surface area contributed by atoms with Crippen molar-refractivity contribution in [3.63, 3.8) is 0 Å². The summed E-state index contributed by atoms with van der Waals surface area (Å²) in [7, 11) is -0.568. The standard InChI is InChI=1S/C37H44P2/c1-29(38(30-17-6-2-7-18-30)31-19-8-3-9-20-31)34-26-16-27-35(34)36-25-14-15-28-37(36)39(32-21-10-4-11-22-32)33-23-12-5-13-24-33/h4-5,10-16,21-31,37H,2-3,6-9,17-20H2,1H3/b36-35+/t29-,37?/m1/s1. The van der Waals surface area contributed by atoms with Crippen LogP contribution in [0.5, 0.6) is 0 Å². The molecule has 0 bridgehead atoms. The summed E-state index contributed by atoms with van der Waals surface area (Å²) < 4.78 is 0. The predicted octanol–water partition coefficient (Wildman–Crippen LogP) is 9.94. The first-order valence-corrected chi connectivity index (χ1v) is 18.4. The molecular weight excluding hydrogens is 506 g/mol. The van der Waals surface area contributed by atoms with E-state index in [4.69, 9.17) is 0 Å². The van der Waals surface area contributed by atoms with Crippen molar-refractivity contribution >= 4 is 26.5 Å². The van der Waals surface area contributed by atoms with E-state index in [1.165, 1.54) is 86.0 Å². The zero-order valence-electron chi connectivity index (χ0n) is 23.6. The highest BCUT2D eigenvalue weighted by Gasteiger charge is 2.38. The molecular formula is C37H44P2. The van der Waals surface area contributed by atoms with Gasteiger partial charge in [0.2, 0.25) is 0 Å². The molecule has 0 spiro atoms. The van der Waals surface area contributed by atoms with Crippen LogP contribution in [0.2, 0.25) is 0 Å². The van der Waals surface area contributed by atoms with Gasteiger partial charge in [0.25, 0.3) is 0 Å². The van der Waals surface area contributed by atoms with Gasteiger partial charge in [-0.3, -0.25) is 0 Å². The Bertz CT molecular complexity index is 1180. The van der Waals surface area contributed by atoms with Crippen molar-refractivity contribution in [1.82, 2.24) is 0 Å². The van der Waals surface area contributed by atoms with E-state index in [9.17, 15) is 0 Å². The molecule has 2 aromatic rings. The molecule has 202 valence electrons. The molecule has 0 aromatic heterocycles. The van der Waals surface area contributed by atoms with Crippen LogP contribution < -0.4 is 10.6 Å². The van der Waals surface area contributed by atoms with Crippen molar-refractivity contribution in [2.75, 3.05) is 0 Å². The molecule has 0 amide bonds. The Kier molecular flexibility index (Phi) is 9.14. The van der Waals surface area contributed by atoms with Gasteiger partial charge >= 0.3 is 0 Å². The fraction of sp³-hybridized carbons (Fsp3) is 0.405. The summed E-state index contributed by atoms with van der Waals surface area (Å²) in [6, 6.07) is 22.6. The third kappa shape index (κ3) is 6.04. The maximum Gasteiger partial charge on any atom is 0.0310 e. The minimum atomic E-state index is -0.554. The third-order valence-corrected chi connectivity index (χ3v) is 16.0. The molecule has 6 rings (SSSR count). The normalized spacial score (nSPS) is 25.0. The number of benzene rings is 2. The first-order chi connectivity index (χ1) is 19.3. The lowest BCUT2D eigenvalue weighted by atomic mass is 9.95. The second-order valence-corrected chi connectivity index (χ2v) is 17.2. The first kappa shape index (κ1) is 27.2. The topological polar surface area (TPSA) is 0 Å². The fourth-order valence-corrected chi connectivity index (χ4v) is 14.6. The number of hydrogen-bond acceptors (Lipinski definition) is 0. The van der Waals surface area contributed by atoms with Gasteiger partial charge in [-0.15, -0.1) is 0 Å². The van der Waals surface area contributed by atoms with Crippen LogP contribution in [0.4, 0.5) is 0 Å². The molecule has 2 heteroatoms. The summed E-state index contributed by atoms with van der Waals surface area (Å²) >= 11 is 0. The smallest absolute Gasteiger partial charge is 0.0310 e. The van der Waals surface area contributed by atoms with E-state index in [0.29, 0.717) is 11.3 Å². The summed E-state index contributed by atoms with van der Waals surface area (Å²) in [5.41, 5.74) is 7.73. The summed E-state index contributed by atoms with van der Waals surface area (Å²) in [5, 5.41) is 2.93. The minimum absolute atomic E-state index is 0.0134. The largest absolute Gasteiger partial charge is 0.0929 e. The molecule has 4 aliphatic carbocycles. The number of hydrogen-bond donors (Lipinski definition) is 0. The Hall–Kier alpha value is -2.00. The highest BCUT2D eigenvalue weighted by Crippen LogP contribution is 2.62. The van der Waals surface area contributed by atoms with Gasteiger partial charge < -0.3 is 0 Å². The lowest BCUT2D eigenvalue weighted by Crippen LogP contribution is -2.27. The molecule has 2 aromatic carbocycles. The third-order valence-electron chi connectivity index (χ3n) is 9.40. The zero-order valence-corrected chi connectivity index (χ0v) is 25.4. The molecule has 1 unspecified atom stereocenters. The molecule has 2 fully saturated rings. The minimum Gasteiger partial charge on any atom is -0.0929 e. The first-order valence-electron chi connectivity index (χ1n) is 15.5. The Labute approximate surface area is 239 Å². The van der Waals surface area contributed by atoms with E-state index in [0.717, 1.165) is 11.3 Å². The van der Waals surface area contributed by atoms with Crippen molar-refractivity contribution in [3.05, 3.63) is 120 Å². The van der Waals surface area contributed by atoms with Crippen molar-refractivity contribution in [3.8, 4) is 0 Å². The van der Waals surface area contributed by atoms with E-state index in [-0.39, 0.29) is 7.92 Å². The molecule has 0 radical (unpaired) electrons. The van der Waals surface area contributed by atoms with Gasteiger partial charge in [-0.05, 0) is 72.3 Å². The van der Waals surface area contributed by atoms with E-state index < -0.39 is 7.92 Å². The summed E-state index contributed by atoms with van der Waals surface area (Å²) in [6.45, 7) is 2.63. The monoisotopic (exact) mass is 550 g/mol. The van der Waals surface area contributed by atoms with Crippen LogP contribution in [0, 0.1) is 0 Å². The Morgan fingerprint density at radius 3 is 1.77 bits per heavy atom. The van der Waals surface area contributed by atoms with Gasteiger partial charge in [0.05, 0.1) is 0 Å². The Morgan fingerprint density at radius 1 is 0.641 bits per heavy atom. The molecule has 0 heterocycles. The van der Waals surface area contributed by atoms with E-state index in [1.807, 2.05) is 0 Å². The van der Waals surface area contributed by atoms with Crippen LogP contribution in [0.25, 0.3) is 0 Å². The van der Waals surface area contributed by atoms with Crippen molar-refractivity contribution in [2.24, 2.45) is 0 Å². The predicted molar refractivity (Wildman–Crippen MR) is 176 cm³/mol. The Morgan fingerprint density at radius 2 is 1.21 bits per heavy atom. The van der Waals surface area contributed by atoms with Gasteiger partial charge in [0, 0.05) is 11.3 Å². The number of rotatable bonds is 7. The fourth-order valence-electron chi connectivity index (χ4n) is 7.56. The summed E-state index contributed by atoms with van der Waals surface area (Å²) in [5.74, 6) is 0. The quantitative estimate of drug-likeness (QED) is 0.301. The molecule has 2 atom stereocenters. The van der Waals surface area contributed by atoms with E-state index in [1.54, 1.807) is 5.57 Å². The van der Waals surface area contributed by atoms with Crippen LogP contribution in [-0.2, 0) is 0 Å². The van der Waals surface area contributed by atoms with Crippen molar-refractivity contribution in [1.29, 1.82) is 0 Å². The Balaban J connectivity index is 1.38. The second-order valence-electron chi connectivity index (χ2n) is 11.8. The van der Waals surface area contributed by atoms with Crippen LogP contribution >= 0.6 is 15.8 Å². The van der Waals surface area contributed by atoms with Gasteiger partial charge in [-0.25, -0.2) is 0 Å². The molecule has 4 aliphatic rings. The van der Waals surface area contributed by atoms with Crippen molar-refractivity contribution < 1.29 is 0 Å². The maximum absolute atomic E-state index is 2.63. The summed E-state index contributed by atoms with van der Waals surface area (Å²) in [6.07, 6.45) is 31.5. The molecule has 0 saturated heterocycles. The average molecular weight is 551 g/mol. The summed E-state index contributed by atoms with van der Waals surface area (Å²) in [4.78, 5) is 0. The van der Waals surface area contributed by atoms with Crippen LogP contribution in [0.1, 0.15) is 71.1 Å². The molecule has 0 aliphatic heterocycles. The molecule has 0 nitrogen and oxygen atoms in total. The zero-order chi connectivity index (χ0) is 26.4. The SMILES string of the molecule is C[C@H](C1=CC=C/C1=C1/C=CC=CC1P(c1ccccc1)c1ccccc1)P(C1CCCCC1)C1CCCCC1. The molecule has 39 heavy (non-hydrogen) atoms. The van der Waals surface area contributed by atoms with Gasteiger partial charge in [-0.1, -0.05) is 157 Å². The van der Waals surface area contributed by atoms with Gasteiger partial charge in [0.15, 0.2) is 0 Å². The van der Waals surface area contributed by atoms with Gasteiger partial charge in [-0.2, -0.15) is 0 Å². The van der Waals surface area contributed by atoms with E-state index >= 15 is 0 Å². The molecule has 0 N–H and O–H groups in total. The highest BCUT2D eigenvalue weighted by atomic mass is 31.1. The highest BCUT2D eigenvalue weighted by molar-refractivity contribution is 7.74. The second kappa shape index (κ2) is 13.1. The average Bonchev–Trinajstić information content (AvgIpc) is 3.50. The van der Waals surface area contributed by atoms with Crippen molar-refractivity contribution in [2.45, 2.75) is 93.8 Å². The van der Waals surface area contributed by atoms with Gasteiger partial charge in [0.1, 0.15) is 0 Å². The number of allylic oxidation sites excluding steroid dienone is 10. The lowest BCUT2D eigenvalue weighted by molar-refractivity contribution is 0.482. The molecule has 2 saturated carbocycles. The van der Waals surface area contributed by atoms with Crippen LogP contribution in [0.3, 0.4) is 0 Å².